The van der Waals surface area contributed by atoms with Gasteiger partial charge in [0.1, 0.15) is 0 Å². The van der Waals surface area contributed by atoms with E-state index in [1.807, 2.05) is 18.2 Å². The van der Waals surface area contributed by atoms with Gasteiger partial charge in [-0.15, -0.1) is 0 Å². The van der Waals surface area contributed by atoms with Crippen LogP contribution in [0.4, 0.5) is 5.69 Å². The quantitative estimate of drug-likeness (QED) is 0.852. The van der Waals surface area contributed by atoms with Gasteiger partial charge < -0.3 is 10.1 Å². The van der Waals surface area contributed by atoms with Gasteiger partial charge in [-0.1, -0.05) is 42.5 Å². The molecular formula is C20H22N2O3. The molecule has 25 heavy (non-hydrogen) atoms. The Balaban J connectivity index is 1.66. The Labute approximate surface area is 147 Å². The number of nitrogens with one attached hydrogen (secondary N) is 1. The van der Waals surface area contributed by atoms with E-state index in [1.54, 1.807) is 24.3 Å². The Kier molecular flexibility index (Phi) is 5.58. The molecule has 0 radical (unpaired) electrons. The Hall–Kier alpha value is -2.50. The van der Waals surface area contributed by atoms with Gasteiger partial charge in [-0.25, -0.2) is 0 Å². The number of Topliss-reactive ketones (excluding diaryl/α,β-unsaturated/α-hetero) is 1. The van der Waals surface area contributed by atoms with Crippen molar-refractivity contribution in [3.63, 3.8) is 0 Å². The molecule has 130 valence electrons. The molecule has 2 aromatic carbocycles. The summed E-state index contributed by atoms with van der Waals surface area (Å²) in [5.74, 6) is -0.114. The maximum absolute atomic E-state index is 12.5. The number of morpholine rings is 1. The van der Waals surface area contributed by atoms with Gasteiger partial charge in [0, 0.05) is 17.8 Å². The number of anilines is 1. The van der Waals surface area contributed by atoms with Crippen molar-refractivity contribution in [2.24, 2.45) is 0 Å². The summed E-state index contributed by atoms with van der Waals surface area (Å²) in [5.41, 5.74) is 2.38. The van der Waals surface area contributed by atoms with Crippen LogP contribution in [0.15, 0.2) is 54.6 Å². The average Bonchev–Trinajstić information content (AvgIpc) is 2.63. The molecule has 1 atom stereocenters. The molecule has 1 aliphatic rings. The van der Waals surface area contributed by atoms with Crippen molar-refractivity contribution in [1.29, 1.82) is 0 Å². The highest BCUT2D eigenvalue weighted by Gasteiger charge is 2.26. The summed E-state index contributed by atoms with van der Waals surface area (Å²) in [6, 6.07) is 17.2. The molecule has 5 nitrogen and oxygen atoms in total. The summed E-state index contributed by atoms with van der Waals surface area (Å²) in [6.45, 7) is 3.71. The number of carbonyl (C=O) groups excluding carboxylic acids is 2. The molecule has 1 saturated heterocycles. The van der Waals surface area contributed by atoms with E-state index in [0.29, 0.717) is 31.0 Å². The lowest BCUT2D eigenvalue weighted by Gasteiger charge is -2.35. The van der Waals surface area contributed by atoms with Crippen LogP contribution in [-0.4, -0.2) is 42.9 Å². The summed E-state index contributed by atoms with van der Waals surface area (Å²) < 4.78 is 5.60. The van der Waals surface area contributed by atoms with Crippen LogP contribution < -0.4 is 5.32 Å². The van der Waals surface area contributed by atoms with Gasteiger partial charge in [-0.05, 0) is 24.6 Å². The number of benzene rings is 2. The third-order valence-electron chi connectivity index (χ3n) is 4.32. The first-order valence-corrected chi connectivity index (χ1v) is 8.41. The minimum atomic E-state index is -0.0940. The average molecular weight is 338 g/mol. The smallest absolute Gasteiger partial charge is 0.238 e. The summed E-state index contributed by atoms with van der Waals surface area (Å²) in [6.07, 6.45) is 0. The zero-order chi connectivity index (χ0) is 17.6. The van der Waals surface area contributed by atoms with E-state index in [9.17, 15) is 9.59 Å². The molecule has 1 heterocycles. The van der Waals surface area contributed by atoms with E-state index < -0.39 is 0 Å². The monoisotopic (exact) mass is 338 g/mol. The van der Waals surface area contributed by atoms with Gasteiger partial charge in [-0.2, -0.15) is 0 Å². The van der Waals surface area contributed by atoms with E-state index in [4.69, 9.17) is 4.74 Å². The third-order valence-corrected chi connectivity index (χ3v) is 4.32. The first-order valence-electron chi connectivity index (χ1n) is 8.41. The lowest BCUT2D eigenvalue weighted by atomic mass is 10.0. The molecule has 0 bridgehead atoms. The van der Waals surface area contributed by atoms with Crippen molar-refractivity contribution >= 4 is 17.4 Å². The third kappa shape index (κ3) is 4.53. The fraction of sp³-hybridized carbons (Fsp3) is 0.300. The molecule has 0 aromatic heterocycles. The number of hydrogen-bond acceptors (Lipinski definition) is 4. The van der Waals surface area contributed by atoms with Crippen LogP contribution >= 0.6 is 0 Å². The molecule has 1 N–H and O–H groups in total. The molecule has 5 heteroatoms. The highest BCUT2D eigenvalue weighted by Crippen LogP contribution is 2.23. The molecule has 1 amide bonds. The zero-order valence-corrected chi connectivity index (χ0v) is 14.3. The van der Waals surface area contributed by atoms with E-state index >= 15 is 0 Å². The van der Waals surface area contributed by atoms with Crippen LogP contribution in [0.5, 0.6) is 0 Å². The Morgan fingerprint density at radius 2 is 1.96 bits per heavy atom. The first kappa shape index (κ1) is 17.3. The summed E-state index contributed by atoms with van der Waals surface area (Å²) >= 11 is 0. The molecule has 2 aromatic rings. The number of amides is 1. The number of rotatable bonds is 5. The van der Waals surface area contributed by atoms with Gasteiger partial charge in [0.15, 0.2) is 5.78 Å². The second-order valence-electron chi connectivity index (χ2n) is 6.16. The topological polar surface area (TPSA) is 58.6 Å². The molecule has 0 spiro atoms. The maximum Gasteiger partial charge on any atom is 0.238 e. The van der Waals surface area contributed by atoms with Crippen molar-refractivity contribution in [1.82, 2.24) is 4.90 Å². The largest absolute Gasteiger partial charge is 0.378 e. The normalized spacial score (nSPS) is 17.9. The van der Waals surface area contributed by atoms with Gasteiger partial charge in [-0.3, -0.25) is 14.5 Å². The van der Waals surface area contributed by atoms with Crippen LogP contribution in [0, 0.1) is 0 Å². The lowest BCUT2D eigenvalue weighted by molar-refractivity contribution is -0.119. The van der Waals surface area contributed by atoms with Crippen LogP contribution in [0.1, 0.15) is 28.9 Å². The molecule has 0 aliphatic carbocycles. The fourth-order valence-electron chi connectivity index (χ4n) is 3.01. The van der Waals surface area contributed by atoms with Crippen molar-refractivity contribution in [3.05, 3.63) is 65.7 Å². The zero-order valence-electron chi connectivity index (χ0n) is 14.3. The molecule has 1 aliphatic heterocycles. The van der Waals surface area contributed by atoms with Gasteiger partial charge in [0.2, 0.25) is 5.91 Å². The van der Waals surface area contributed by atoms with Crippen LogP contribution in [0.3, 0.4) is 0 Å². The molecule has 3 rings (SSSR count). The second-order valence-corrected chi connectivity index (χ2v) is 6.16. The van der Waals surface area contributed by atoms with Crippen LogP contribution in [0.2, 0.25) is 0 Å². The van der Waals surface area contributed by atoms with Crippen molar-refractivity contribution in [2.45, 2.75) is 13.0 Å². The Morgan fingerprint density at radius 3 is 2.72 bits per heavy atom. The highest BCUT2D eigenvalue weighted by atomic mass is 16.5. The molecular weight excluding hydrogens is 316 g/mol. The van der Waals surface area contributed by atoms with E-state index in [-0.39, 0.29) is 24.3 Å². The van der Waals surface area contributed by atoms with Gasteiger partial charge in [0.25, 0.3) is 0 Å². The van der Waals surface area contributed by atoms with E-state index in [0.717, 1.165) is 5.56 Å². The van der Waals surface area contributed by atoms with Crippen molar-refractivity contribution in [3.8, 4) is 0 Å². The summed E-state index contributed by atoms with van der Waals surface area (Å²) in [7, 11) is 0. The minimum Gasteiger partial charge on any atom is -0.378 e. The van der Waals surface area contributed by atoms with E-state index in [1.165, 1.54) is 6.92 Å². The Bertz CT molecular complexity index is 746. The summed E-state index contributed by atoms with van der Waals surface area (Å²) in [4.78, 5) is 26.1. The lowest BCUT2D eigenvalue weighted by Crippen LogP contribution is -2.43. The van der Waals surface area contributed by atoms with Gasteiger partial charge in [0.05, 0.1) is 25.8 Å². The standard InChI is InChI=1S/C20H22N2O3/c1-15(23)17-8-5-9-18(12-17)21-20(24)13-22-10-11-25-14-19(22)16-6-3-2-4-7-16/h2-9,12,19H,10-11,13-14H2,1H3,(H,21,24). The number of hydrogen-bond donors (Lipinski definition) is 1. The van der Waals surface area contributed by atoms with E-state index in [2.05, 4.69) is 22.3 Å². The summed E-state index contributed by atoms with van der Waals surface area (Å²) in [5, 5.41) is 2.88. The maximum atomic E-state index is 12.5. The number of nitrogens with zero attached hydrogens (tertiary/aromatic N) is 1. The minimum absolute atomic E-state index is 0.0200. The van der Waals surface area contributed by atoms with Crippen molar-refractivity contribution < 1.29 is 14.3 Å². The number of ketones is 1. The highest BCUT2D eigenvalue weighted by molar-refractivity contribution is 5.97. The second kappa shape index (κ2) is 8.05. The fourth-order valence-corrected chi connectivity index (χ4v) is 3.01. The predicted molar refractivity (Wildman–Crippen MR) is 96.7 cm³/mol. The number of ether oxygens (including phenoxy) is 1. The predicted octanol–water partition coefficient (Wildman–Crippen LogP) is 2.90. The SMILES string of the molecule is CC(=O)c1cccc(NC(=O)CN2CCOCC2c2ccccc2)c1. The van der Waals surface area contributed by atoms with Crippen LogP contribution in [-0.2, 0) is 9.53 Å². The Morgan fingerprint density at radius 1 is 1.16 bits per heavy atom. The first-order chi connectivity index (χ1) is 12.1. The van der Waals surface area contributed by atoms with Crippen LogP contribution in [0.25, 0.3) is 0 Å². The number of carbonyl (C=O) groups is 2. The van der Waals surface area contributed by atoms with Gasteiger partial charge >= 0.3 is 0 Å². The molecule has 1 fully saturated rings. The molecule has 0 saturated carbocycles. The molecule has 1 unspecified atom stereocenters. The van der Waals surface area contributed by atoms with Crippen molar-refractivity contribution in [2.75, 3.05) is 31.6 Å².